The summed E-state index contributed by atoms with van der Waals surface area (Å²) in [5.41, 5.74) is 3.08. The van der Waals surface area contributed by atoms with Gasteiger partial charge in [-0.1, -0.05) is 23.7 Å². The number of piperazine rings is 1. The summed E-state index contributed by atoms with van der Waals surface area (Å²) in [6.07, 6.45) is 0.478. The van der Waals surface area contributed by atoms with Crippen LogP contribution in [0.3, 0.4) is 0 Å². The van der Waals surface area contributed by atoms with E-state index in [0.29, 0.717) is 24.6 Å². The van der Waals surface area contributed by atoms with Crippen LogP contribution in [0, 0.1) is 16.0 Å². The van der Waals surface area contributed by atoms with E-state index in [2.05, 4.69) is 15.1 Å². The Morgan fingerprint density at radius 1 is 1.25 bits per heavy atom. The SMILES string of the molecule is COCCNC(=O)[C@H]1Cc2cc([N+](=O)[O-])ccc2N2CCN(Cc3ccc(Cl)cc3)C[C@@H]12. The average molecular weight is 459 g/mol. The third-order valence-electron chi connectivity index (χ3n) is 6.25. The number of amides is 1. The smallest absolute Gasteiger partial charge is 0.269 e. The van der Waals surface area contributed by atoms with E-state index in [9.17, 15) is 14.9 Å². The minimum atomic E-state index is -0.385. The largest absolute Gasteiger partial charge is 0.383 e. The number of anilines is 1. The molecule has 0 unspecified atom stereocenters. The number of carbonyl (C=O) groups excluding carboxylic acids is 1. The number of ether oxygens (including phenoxy) is 1. The van der Waals surface area contributed by atoms with Crippen LogP contribution in [0.4, 0.5) is 11.4 Å². The molecular formula is C23H27ClN4O4. The van der Waals surface area contributed by atoms with Crippen LogP contribution in [0.5, 0.6) is 0 Å². The van der Waals surface area contributed by atoms with Gasteiger partial charge in [-0.25, -0.2) is 0 Å². The van der Waals surface area contributed by atoms with Crippen molar-refractivity contribution in [2.24, 2.45) is 5.92 Å². The van der Waals surface area contributed by atoms with E-state index in [1.807, 2.05) is 30.3 Å². The Balaban J connectivity index is 1.57. The number of non-ortho nitro benzene ring substituents is 1. The Morgan fingerprint density at radius 3 is 2.75 bits per heavy atom. The van der Waals surface area contributed by atoms with Gasteiger partial charge >= 0.3 is 0 Å². The quantitative estimate of drug-likeness (QED) is 0.390. The van der Waals surface area contributed by atoms with Crippen LogP contribution >= 0.6 is 11.6 Å². The first-order valence-corrected chi connectivity index (χ1v) is 11.1. The standard InChI is InChI=1S/C23H27ClN4O4/c1-32-11-8-25-23(29)20-13-17-12-19(28(30)31)6-7-21(17)27-10-9-26(15-22(20)27)14-16-2-4-18(24)5-3-16/h2-7,12,20,22H,8-11,13-15H2,1H3,(H,25,29)/t20-,22-/m0/s1. The number of nitrogens with zero attached hydrogens (tertiary/aromatic N) is 3. The number of methoxy groups -OCH3 is 1. The highest BCUT2D eigenvalue weighted by Gasteiger charge is 2.41. The van der Waals surface area contributed by atoms with Gasteiger partial charge in [0.15, 0.2) is 0 Å². The summed E-state index contributed by atoms with van der Waals surface area (Å²) in [6.45, 7) is 4.00. The van der Waals surface area contributed by atoms with Crippen LogP contribution in [-0.2, 0) is 22.5 Å². The molecule has 2 aromatic rings. The summed E-state index contributed by atoms with van der Waals surface area (Å²) >= 11 is 6.01. The number of fused-ring (bicyclic) bond motifs is 3. The Bertz CT molecular complexity index is 984. The molecule has 2 atom stereocenters. The Labute approximate surface area is 192 Å². The zero-order chi connectivity index (χ0) is 22.7. The van der Waals surface area contributed by atoms with E-state index >= 15 is 0 Å². The first-order valence-electron chi connectivity index (χ1n) is 10.7. The summed E-state index contributed by atoms with van der Waals surface area (Å²) in [7, 11) is 1.60. The summed E-state index contributed by atoms with van der Waals surface area (Å²) < 4.78 is 5.06. The van der Waals surface area contributed by atoms with Crippen LogP contribution in [0.25, 0.3) is 0 Å². The summed E-state index contributed by atoms with van der Waals surface area (Å²) in [5.74, 6) is -0.336. The lowest BCUT2D eigenvalue weighted by molar-refractivity contribution is -0.384. The summed E-state index contributed by atoms with van der Waals surface area (Å²) in [4.78, 5) is 28.6. The number of hydrogen-bond acceptors (Lipinski definition) is 6. The van der Waals surface area contributed by atoms with E-state index in [0.717, 1.165) is 37.4 Å². The van der Waals surface area contributed by atoms with Gasteiger partial charge < -0.3 is 15.0 Å². The van der Waals surface area contributed by atoms with Gasteiger partial charge in [-0.2, -0.15) is 0 Å². The van der Waals surface area contributed by atoms with Crippen LogP contribution in [0.1, 0.15) is 11.1 Å². The molecule has 8 nitrogen and oxygen atoms in total. The van der Waals surface area contributed by atoms with Gasteiger partial charge in [-0.05, 0) is 35.7 Å². The molecule has 1 fully saturated rings. The highest BCUT2D eigenvalue weighted by molar-refractivity contribution is 6.30. The lowest BCUT2D eigenvalue weighted by Gasteiger charge is -2.49. The molecule has 0 spiro atoms. The number of carbonyl (C=O) groups is 1. The third kappa shape index (κ3) is 4.87. The van der Waals surface area contributed by atoms with Gasteiger partial charge in [0.1, 0.15) is 0 Å². The van der Waals surface area contributed by atoms with Crippen molar-refractivity contribution in [1.82, 2.24) is 10.2 Å². The van der Waals surface area contributed by atoms with Gasteiger partial charge in [0.05, 0.1) is 23.5 Å². The normalized spacial score (nSPS) is 20.4. The fourth-order valence-corrected chi connectivity index (χ4v) is 4.81. The average Bonchev–Trinajstić information content (AvgIpc) is 2.79. The first kappa shape index (κ1) is 22.5. The fourth-order valence-electron chi connectivity index (χ4n) is 4.68. The second-order valence-electron chi connectivity index (χ2n) is 8.29. The highest BCUT2D eigenvalue weighted by Crippen LogP contribution is 2.38. The van der Waals surface area contributed by atoms with Crippen molar-refractivity contribution in [1.29, 1.82) is 0 Å². The Morgan fingerprint density at radius 2 is 2.03 bits per heavy atom. The Hall–Kier alpha value is -2.68. The lowest BCUT2D eigenvalue weighted by atomic mass is 9.83. The zero-order valence-corrected chi connectivity index (χ0v) is 18.8. The minimum Gasteiger partial charge on any atom is -0.383 e. The molecule has 1 amide bonds. The van der Waals surface area contributed by atoms with Crippen molar-refractivity contribution in [3.05, 3.63) is 68.7 Å². The number of benzene rings is 2. The van der Waals surface area contributed by atoms with Crippen molar-refractivity contribution < 1.29 is 14.5 Å². The van der Waals surface area contributed by atoms with E-state index in [4.69, 9.17) is 16.3 Å². The van der Waals surface area contributed by atoms with Crippen LogP contribution in [0.15, 0.2) is 42.5 Å². The van der Waals surface area contributed by atoms with E-state index in [1.165, 1.54) is 5.56 Å². The molecular weight excluding hydrogens is 432 g/mol. The second kappa shape index (κ2) is 9.85. The van der Waals surface area contributed by atoms with Crippen LogP contribution in [-0.4, -0.2) is 61.7 Å². The highest BCUT2D eigenvalue weighted by atomic mass is 35.5. The number of hydrogen-bond donors (Lipinski definition) is 1. The van der Waals surface area contributed by atoms with Gasteiger partial charge in [-0.3, -0.25) is 19.8 Å². The maximum absolute atomic E-state index is 13.1. The summed E-state index contributed by atoms with van der Waals surface area (Å²) in [6, 6.07) is 12.8. The van der Waals surface area contributed by atoms with Crippen molar-refractivity contribution in [3.63, 3.8) is 0 Å². The lowest BCUT2D eigenvalue weighted by Crippen LogP contribution is -2.61. The van der Waals surface area contributed by atoms with Gasteiger partial charge in [-0.15, -0.1) is 0 Å². The predicted molar refractivity (Wildman–Crippen MR) is 123 cm³/mol. The molecule has 0 saturated carbocycles. The number of rotatable bonds is 7. The molecule has 1 N–H and O–H groups in total. The number of nitro benzene ring substituents is 1. The molecule has 4 rings (SSSR count). The minimum absolute atomic E-state index is 0.00690. The van der Waals surface area contributed by atoms with Gasteiger partial charge in [0.25, 0.3) is 5.69 Å². The second-order valence-corrected chi connectivity index (χ2v) is 8.72. The van der Waals surface area contributed by atoms with Crippen molar-refractivity contribution >= 4 is 28.9 Å². The van der Waals surface area contributed by atoms with Gasteiger partial charge in [0, 0.05) is 62.7 Å². The number of nitro groups is 1. The monoisotopic (exact) mass is 458 g/mol. The molecule has 2 aliphatic heterocycles. The first-order chi connectivity index (χ1) is 15.5. The fraction of sp³-hybridized carbons (Fsp3) is 0.435. The molecule has 170 valence electrons. The maximum atomic E-state index is 13.1. The molecule has 0 aliphatic carbocycles. The molecule has 0 aromatic heterocycles. The van der Waals surface area contributed by atoms with E-state index in [-0.39, 0.29) is 28.5 Å². The van der Waals surface area contributed by atoms with Gasteiger partial charge in [0.2, 0.25) is 5.91 Å². The molecule has 9 heteroatoms. The maximum Gasteiger partial charge on any atom is 0.269 e. The molecule has 32 heavy (non-hydrogen) atoms. The Kier molecular flexibility index (Phi) is 6.93. The number of nitrogens with one attached hydrogen (secondary N) is 1. The predicted octanol–water partition coefficient (Wildman–Crippen LogP) is 2.87. The van der Waals surface area contributed by atoms with Crippen molar-refractivity contribution in [2.45, 2.75) is 19.0 Å². The zero-order valence-electron chi connectivity index (χ0n) is 18.0. The third-order valence-corrected chi connectivity index (χ3v) is 6.50. The molecule has 0 bridgehead atoms. The molecule has 2 aliphatic rings. The van der Waals surface area contributed by atoms with Crippen LogP contribution in [0.2, 0.25) is 5.02 Å². The van der Waals surface area contributed by atoms with Crippen molar-refractivity contribution in [2.75, 3.05) is 44.8 Å². The molecule has 0 radical (unpaired) electrons. The van der Waals surface area contributed by atoms with Crippen LogP contribution < -0.4 is 10.2 Å². The van der Waals surface area contributed by atoms with E-state index in [1.54, 1.807) is 19.2 Å². The topological polar surface area (TPSA) is 87.9 Å². The summed E-state index contributed by atoms with van der Waals surface area (Å²) in [5, 5.41) is 15.0. The molecule has 2 aromatic carbocycles. The molecule has 1 saturated heterocycles. The van der Waals surface area contributed by atoms with E-state index < -0.39 is 0 Å². The molecule has 2 heterocycles. The number of halogens is 1. The van der Waals surface area contributed by atoms with Crippen molar-refractivity contribution in [3.8, 4) is 0 Å².